The maximum absolute atomic E-state index is 12.8. The fourth-order valence-corrected chi connectivity index (χ4v) is 3.36. The number of carbonyl (C=O) groups excluding carboxylic acids is 1. The average Bonchev–Trinajstić information content (AvgIpc) is 2.89. The third-order valence-corrected chi connectivity index (χ3v) is 4.57. The molecule has 0 atom stereocenters. The number of hydrogen-bond donors (Lipinski definition) is 0. The number of aromatic nitrogens is 1. The molecule has 1 aliphatic heterocycles. The molecule has 122 valence electrons. The van der Waals surface area contributed by atoms with E-state index in [0.717, 1.165) is 24.1 Å². The average molecular weight is 343 g/mol. The number of benzene rings is 2. The van der Waals surface area contributed by atoms with Gasteiger partial charge in [-0.05, 0) is 42.7 Å². The Balaban J connectivity index is 1.70. The Morgan fingerprint density at radius 1 is 1.21 bits per heavy atom. The summed E-state index contributed by atoms with van der Waals surface area (Å²) < 4.78 is 6.52. The van der Waals surface area contributed by atoms with E-state index in [1.807, 2.05) is 24.3 Å². The van der Waals surface area contributed by atoms with Gasteiger partial charge in [-0.2, -0.15) is 0 Å². The highest BCUT2D eigenvalue weighted by Crippen LogP contribution is 2.27. The van der Waals surface area contributed by atoms with Gasteiger partial charge in [0.2, 0.25) is 5.91 Å². The second kappa shape index (κ2) is 5.83. The molecule has 0 bridgehead atoms. The molecule has 6 heteroatoms. The number of fused-ring (bicyclic) bond motifs is 2. The van der Waals surface area contributed by atoms with Gasteiger partial charge in [-0.15, -0.1) is 0 Å². The minimum absolute atomic E-state index is 0.0689. The molecule has 0 spiro atoms. The lowest BCUT2D eigenvalue weighted by Crippen LogP contribution is -2.39. The van der Waals surface area contributed by atoms with Crippen LogP contribution in [0.25, 0.3) is 11.1 Å². The van der Waals surface area contributed by atoms with Gasteiger partial charge in [0.25, 0.3) is 0 Å². The van der Waals surface area contributed by atoms with Crippen molar-refractivity contribution in [2.45, 2.75) is 19.4 Å². The number of hydrogen-bond acceptors (Lipinski definition) is 3. The Hall–Kier alpha value is -2.53. The second-order valence-electron chi connectivity index (χ2n) is 5.84. The summed E-state index contributed by atoms with van der Waals surface area (Å²) in [6.07, 6.45) is 1.87. The minimum Gasteiger partial charge on any atom is -0.408 e. The third-order valence-electron chi connectivity index (χ3n) is 4.33. The van der Waals surface area contributed by atoms with E-state index in [1.54, 1.807) is 23.1 Å². The van der Waals surface area contributed by atoms with Crippen molar-refractivity contribution in [1.29, 1.82) is 0 Å². The summed E-state index contributed by atoms with van der Waals surface area (Å²) in [5.74, 6) is -0.683. The molecule has 1 aliphatic rings. The molecule has 2 heterocycles. The van der Waals surface area contributed by atoms with E-state index < -0.39 is 5.76 Å². The first kappa shape index (κ1) is 15.0. The van der Waals surface area contributed by atoms with E-state index in [1.165, 1.54) is 4.57 Å². The molecule has 3 aromatic rings. The topological polar surface area (TPSA) is 55.5 Å². The summed E-state index contributed by atoms with van der Waals surface area (Å²) in [5.41, 5.74) is 3.04. The fourth-order valence-electron chi connectivity index (χ4n) is 3.20. The van der Waals surface area contributed by atoms with Gasteiger partial charge in [0, 0.05) is 17.3 Å². The molecule has 4 rings (SSSR count). The van der Waals surface area contributed by atoms with Crippen molar-refractivity contribution in [2.24, 2.45) is 0 Å². The molecule has 2 aromatic carbocycles. The number of carbonyl (C=O) groups is 1. The van der Waals surface area contributed by atoms with Crippen LogP contribution in [-0.2, 0) is 17.8 Å². The summed E-state index contributed by atoms with van der Waals surface area (Å²) in [6, 6.07) is 12.8. The zero-order valence-corrected chi connectivity index (χ0v) is 13.6. The maximum Gasteiger partial charge on any atom is 0.420 e. The van der Waals surface area contributed by atoms with Crippen LogP contribution in [0.15, 0.2) is 51.7 Å². The molecule has 0 unspecified atom stereocenters. The largest absolute Gasteiger partial charge is 0.420 e. The van der Waals surface area contributed by atoms with Gasteiger partial charge in [0.05, 0.1) is 5.52 Å². The molecule has 0 N–H and O–H groups in total. The number of halogens is 1. The number of oxazole rings is 1. The first-order valence-corrected chi connectivity index (χ1v) is 8.18. The van der Waals surface area contributed by atoms with Gasteiger partial charge in [-0.3, -0.25) is 9.36 Å². The maximum atomic E-state index is 12.8. The van der Waals surface area contributed by atoms with Gasteiger partial charge in [-0.1, -0.05) is 29.8 Å². The van der Waals surface area contributed by atoms with Crippen LogP contribution in [-0.4, -0.2) is 17.0 Å². The predicted octanol–water partition coefficient (Wildman–Crippen LogP) is 3.23. The Bertz CT molecular complexity index is 989. The van der Waals surface area contributed by atoms with E-state index in [4.69, 9.17) is 16.0 Å². The molecular weight excluding hydrogens is 328 g/mol. The van der Waals surface area contributed by atoms with Crippen LogP contribution in [0.2, 0.25) is 5.02 Å². The molecule has 1 amide bonds. The Morgan fingerprint density at radius 3 is 2.92 bits per heavy atom. The number of rotatable bonds is 2. The van der Waals surface area contributed by atoms with Crippen molar-refractivity contribution in [1.82, 2.24) is 4.57 Å². The lowest BCUT2D eigenvalue weighted by atomic mass is 10.0. The number of amides is 1. The van der Waals surface area contributed by atoms with Gasteiger partial charge in [0.1, 0.15) is 6.54 Å². The molecule has 0 fully saturated rings. The summed E-state index contributed by atoms with van der Waals surface area (Å²) in [5, 5.41) is 0.493. The van der Waals surface area contributed by atoms with E-state index in [9.17, 15) is 9.59 Å². The highest BCUT2D eigenvalue weighted by Gasteiger charge is 2.23. The Labute approximate surface area is 143 Å². The lowest BCUT2D eigenvalue weighted by Gasteiger charge is -2.29. The van der Waals surface area contributed by atoms with E-state index in [0.29, 0.717) is 22.7 Å². The second-order valence-corrected chi connectivity index (χ2v) is 6.28. The van der Waals surface area contributed by atoms with Gasteiger partial charge in [0.15, 0.2) is 5.58 Å². The smallest absolute Gasteiger partial charge is 0.408 e. The normalized spacial score (nSPS) is 14.0. The quantitative estimate of drug-likeness (QED) is 0.718. The number of aryl methyl sites for hydroxylation is 1. The van der Waals surface area contributed by atoms with E-state index in [2.05, 4.69) is 0 Å². The fraction of sp³-hybridized carbons (Fsp3) is 0.222. The predicted molar refractivity (Wildman–Crippen MR) is 92.6 cm³/mol. The van der Waals surface area contributed by atoms with Crippen LogP contribution >= 0.6 is 11.6 Å². The first-order chi connectivity index (χ1) is 11.6. The van der Waals surface area contributed by atoms with Crippen molar-refractivity contribution < 1.29 is 9.21 Å². The molecule has 24 heavy (non-hydrogen) atoms. The van der Waals surface area contributed by atoms with E-state index >= 15 is 0 Å². The zero-order valence-electron chi connectivity index (χ0n) is 12.9. The molecule has 0 aliphatic carbocycles. The van der Waals surface area contributed by atoms with Gasteiger partial charge in [-0.25, -0.2) is 4.79 Å². The molecule has 1 aromatic heterocycles. The van der Waals surface area contributed by atoms with Crippen LogP contribution in [0.4, 0.5) is 5.69 Å². The van der Waals surface area contributed by atoms with E-state index in [-0.39, 0.29) is 12.5 Å². The van der Waals surface area contributed by atoms with Gasteiger partial charge < -0.3 is 9.32 Å². The molecule has 5 nitrogen and oxygen atoms in total. The highest BCUT2D eigenvalue weighted by atomic mass is 35.5. The number of para-hydroxylation sites is 1. The van der Waals surface area contributed by atoms with Crippen molar-refractivity contribution in [2.75, 3.05) is 11.4 Å². The van der Waals surface area contributed by atoms with Crippen LogP contribution in [0.1, 0.15) is 12.0 Å². The lowest BCUT2D eigenvalue weighted by molar-refractivity contribution is -0.119. The third kappa shape index (κ3) is 2.51. The van der Waals surface area contributed by atoms with Gasteiger partial charge >= 0.3 is 5.76 Å². The standard InChI is InChI=1S/C18H15ClN2O3/c19-13-7-8-16-15(10-13)21(18(23)24-16)11-17(22)20-9-3-5-12-4-1-2-6-14(12)20/h1-2,4,6-8,10H,3,5,9,11H2. The summed E-state index contributed by atoms with van der Waals surface area (Å²) in [4.78, 5) is 26.6. The molecular formula is C18H15ClN2O3. The minimum atomic E-state index is -0.550. The summed E-state index contributed by atoms with van der Waals surface area (Å²) in [6.45, 7) is 0.585. The molecule has 0 saturated heterocycles. The van der Waals surface area contributed by atoms with Crippen molar-refractivity contribution in [3.8, 4) is 0 Å². The van der Waals surface area contributed by atoms with Crippen LogP contribution in [0, 0.1) is 0 Å². The highest BCUT2D eigenvalue weighted by molar-refractivity contribution is 6.31. The Kier molecular flexibility index (Phi) is 3.65. The van der Waals surface area contributed by atoms with Crippen molar-refractivity contribution in [3.05, 3.63) is 63.6 Å². The zero-order chi connectivity index (χ0) is 16.7. The number of anilines is 1. The SMILES string of the molecule is O=C(Cn1c(=O)oc2ccc(Cl)cc21)N1CCCc2ccccc21. The van der Waals surface area contributed by atoms with Crippen LogP contribution in [0.3, 0.4) is 0 Å². The summed E-state index contributed by atoms with van der Waals surface area (Å²) in [7, 11) is 0. The van der Waals surface area contributed by atoms with Crippen molar-refractivity contribution in [3.63, 3.8) is 0 Å². The first-order valence-electron chi connectivity index (χ1n) is 7.80. The van der Waals surface area contributed by atoms with Crippen molar-refractivity contribution >= 4 is 34.3 Å². The van der Waals surface area contributed by atoms with Crippen LogP contribution < -0.4 is 10.7 Å². The molecule has 0 radical (unpaired) electrons. The van der Waals surface area contributed by atoms with Crippen LogP contribution in [0.5, 0.6) is 0 Å². The summed E-state index contributed by atoms with van der Waals surface area (Å²) >= 11 is 6.00. The number of nitrogens with zero attached hydrogens (tertiary/aromatic N) is 2. The monoisotopic (exact) mass is 342 g/mol. The molecule has 0 saturated carbocycles. The Morgan fingerprint density at radius 2 is 2.04 bits per heavy atom.